The summed E-state index contributed by atoms with van der Waals surface area (Å²) in [6.45, 7) is 4.14. The van der Waals surface area contributed by atoms with Crippen LogP contribution in [0, 0.1) is 0 Å². The molecule has 2 N–H and O–H groups in total. The standard InChI is InChI=1S/C15H22N2O2/c1-3-5-6-7-14(18)16-17-15(19)13-10-8-12(4-2)9-11-13/h8-11H,3-7H2,1-2H3,(H,16,18)(H,17,19). The first-order chi connectivity index (χ1) is 9.17. The van der Waals surface area contributed by atoms with Crippen molar-refractivity contribution in [3.05, 3.63) is 35.4 Å². The van der Waals surface area contributed by atoms with Crippen molar-refractivity contribution in [1.29, 1.82) is 0 Å². The van der Waals surface area contributed by atoms with Crippen molar-refractivity contribution >= 4 is 11.8 Å². The third kappa shape index (κ3) is 5.55. The molecule has 1 aromatic carbocycles. The summed E-state index contributed by atoms with van der Waals surface area (Å²) in [5, 5.41) is 0. The topological polar surface area (TPSA) is 58.2 Å². The number of amides is 2. The van der Waals surface area contributed by atoms with Crippen molar-refractivity contribution in [3.63, 3.8) is 0 Å². The number of carbonyl (C=O) groups is 2. The van der Waals surface area contributed by atoms with Gasteiger partial charge >= 0.3 is 0 Å². The lowest BCUT2D eigenvalue weighted by atomic mass is 10.1. The Kier molecular flexibility index (Phi) is 6.64. The summed E-state index contributed by atoms with van der Waals surface area (Å²) in [5.41, 5.74) is 6.58. The van der Waals surface area contributed by atoms with Crippen molar-refractivity contribution in [2.75, 3.05) is 0 Å². The van der Waals surface area contributed by atoms with E-state index in [1.807, 2.05) is 12.1 Å². The van der Waals surface area contributed by atoms with Gasteiger partial charge in [-0.2, -0.15) is 0 Å². The van der Waals surface area contributed by atoms with E-state index in [1.165, 1.54) is 5.56 Å². The molecular formula is C15H22N2O2. The lowest BCUT2D eigenvalue weighted by Crippen LogP contribution is -2.41. The molecule has 0 radical (unpaired) electrons. The van der Waals surface area contributed by atoms with E-state index in [0.717, 1.165) is 25.7 Å². The van der Waals surface area contributed by atoms with E-state index in [4.69, 9.17) is 0 Å². The molecule has 19 heavy (non-hydrogen) atoms. The number of rotatable bonds is 6. The average molecular weight is 262 g/mol. The number of nitrogens with one attached hydrogen (secondary N) is 2. The molecule has 0 saturated carbocycles. The second kappa shape index (κ2) is 8.29. The zero-order valence-corrected chi connectivity index (χ0v) is 11.7. The van der Waals surface area contributed by atoms with Gasteiger partial charge in [0.25, 0.3) is 5.91 Å². The highest BCUT2D eigenvalue weighted by atomic mass is 16.2. The summed E-state index contributed by atoms with van der Waals surface area (Å²) in [4.78, 5) is 23.2. The van der Waals surface area contributed by atoms with Crippen molar-refractivity contribution in [1.82, 2.24) is 10.9 Å². The second-order valence-electron chi connectivity index (χ2n) is 4.51. The van der Waals surface area contributed by atoms with E-state index in [9.17, 15) is 9.59 Å². The zero-order chi connectivity index (χ0) is 14.1. The molecule has 0 saturated heterocycles. The van der Waals surface area contributed by atoms with E-state index in [0.29, 0.717) is 12.0 Å². The minimum atomic E-state index is -0.286. The molecule has 0 aliphatic carbocycles. The van der Waals surface area contributed by atoms with Gasteiger partial charge in [-0.15, -0.1) is 0 Å². The fraction of sp³-hybridized carbons (Fsp3) is 0.467. The summed E-state index contributed by atoms with van der Waals surface area (Å²) in [6.07, 6.45) is 4.34. The molecule has 0 spiro atoms. The Morgan fingerprint density at radius 2 is 1.68 bits per heavy atom. The molecule has 0 unspecified atom stereocenters. The van der Waals surface area contributed by atoms with Crippen LogP contribution in [0.15, 0.2) is 24.3 Å². The molecule has 0 aliphatic rings. The quantitative estimate of drug-likeness (QED) is 0.611. The van der Waals surface area contributed by atoms with E-state index in [1.54, 1.807) is 12.1 Å². The smallest absolute Gasteiger partial charge is 0.269 e. The molecule has 1 aromatic rings. The predicted molar refractivity (Wildman–Crippen MR) is 75.6 cm³/mol. The number of unbranched alkanes of at least 4 members (excludes halogenated alkanes) is 2. The van der Waals surface area contributed by atoms with Crippen LogP contribution in [0.5, 0.6) is 0 Å². The average Bonchev–Trinajstić information content (AvgIpc) is 2.45. The fourth-order valence-corrected chi connectivity index (χ4v) is 1.69. The first-order valence-electron chi connectivity index (χ1n) is 6.85. The first-order valence-corrected chi connectivity index (χ1v) is 6.85. The highest BCUT2D eigenvalue weighted by Crippen LogP contribution is 2.04. The number of aryl methyl sites for hydroxylation is 1. The van der Waals surface area contributed by atoms with Crippen LogP contribution in [0.3, 0.4) is 0 Å². The highest BCUT2D eigenvalue weighted by molar-refractivity contribution is 5.95. The van der Waals surface area contributed by atoms with Crippen molar-refractivity contribution < 1.29 is 9.59 Å². The van der Waals surface area contributed by atoms with Gasteiger partial charge in [0.05, 0.1) is 0 Å². The van der Waals surface area contributed by atoms with Crippen LogP contribution in [0.2, 0.25) is 0 Å². The van der Waals surface area contributed by atoms with Gasteiger partial charge in [0.1, 0.15) is 0 Å². The van der Waals surface area contributed by atoms with Gasteiger partial charge in [0, 0.05) is 12.0 Å². The third-order valence-electron chi connectivity index (χ3n) is 2.95. The molecule has 0 aliphatic heterocycles. The molecule has 104 valence electrons. The summed E-state index contributed by atoms with van der Waals surface area (Å²) in [5.74, 6) is -0.432. The monoisotopic (exact) mass is 262 g/mol. The van der Waals surface area contributed by atoms with Crippen LogP contribution in [0.1, 0.15) is 55.5 Å². The Morgan fingerprint density at radius 3 is 2.26 bits per heavy atom. The Labute approximate surface area is 114 Å². The molecular weight excluding hydrogens is 240 g/mol. The van der Waals surface area contributed by atoms with E-state index in [2.05, 4.69) is 24.7 Å². The number of benzene rings is 1. The SMILES string of the molecule is CCCCCC(=O)NNC(=O)c1ccc(CC)cc1. The first kappa shape index (κ1) is 15.2. The molecule has 0 aromatic heterocycles. The van der Waals surface area contributed by atoms with Crippen LogP contribution in [-0.4, -0.2) is 11.8 Å². The van der Waals surface area contributed by atoms with Crippen molar-refractivity contribution in [3.8, 4) is 0 Å². The summed E-state index contributed by atoms with van der Waals surface area (Å²) >= 11 is 0. The van der Waals surface area contributed by atoms with Crippen molar-refractivity contribution in [2.45, 2.75) is 46.0 Å². The minimum Gasteiger partial charge on any atom is -0.273 e. The normalized spacial score (nSPS) is 10.0. The van der Waals surface area contributed by atoms with Crippen LogP contribution in [0.25, 0.3) is 0 Å². The molecule has 4 nitrogen and oxygen atoms in total. The predicted octanol–water partition coefficient (Wildman–Crippen LogP) is 2.59. The molecule has 0 bridgehead atoms. The zero-order valence-electron chi connectivity index (χ0n) is 11.7. The van der Waals surface area contributed by atoms with Crippen LogP contribution >= 0.6 is 0 Å². The molecule has 0 heterocycles. The van der Waals surface area contributed by atoms with Crippen LogP contribution < -0.4 is 10.9 Å². The van der Waals surface area contributed by atoms with Crippen molar-refractivity contribution in [2.24, 2.45) is 0 Å². The van der Waals surface area contributed by atoms with Gasteiger partial charge < -0.3 is 0 Å². The van der Waals surface area contributed by atoms with Crippen LogP contribution in [-0.2, 0) is 11.2 Å². The third-order valence-corrected chi connectivity index (χ3v) is 2.95. The highest BCUT2D eigenvalue weighted by Gasteiger charge is 2.06. The van der Waals surface area contributed by atoms with E-state index < -0.39 is 0 Å². The maximum atomic E-state index is 11.8. The Hall–Kier alpha value is -1.84. The second-order valence-corrected chi connectivity index (χ2v) is 4.51. The lowest BCUT2D eigenvalue weighted by molar-refractivity contribution is -0.121. The summed E-state index contributed by atoms with van der Waals surface area (Å²) in [7, 11) is 0. The Morgan fingerprint density at radius 1 is 1.00 bits per heavy atom. The lowest BCUT2D eigenvalue weighted by Gasteiger charge is -2.07. The van der Waals surface area contributed by atoms with E-state index >= 15 is 0 Å². The maximum Gasteiger partial charge on any atom is 0.269 e. The number of hydrogen-bond donors (Lipinski definition) is 2. The largest absolute Gasteiger partial charge is 0.273 e. The van der Waals surface area contributed by atoms with Gasteiger partial charge in [-0.1, -0.05) is 38.8 Å². The minimum absolute atomic E-state index is 0.146. The molecule has 0 fully saturated rings. The fourth-order valence-electron chi connectivity index (χ4n) is 1.69. The van der Waals surface area contributed by atoms with Gasteiger partial charge in [0.2, 0.25) is 5.91 Å². The van der Waals surface area contributed by atoms with Gasteiger partial charge in [-0.25, -0.2) is 0 Å². The number of hydrazine groups is 1. The summed E-state index contributed by atoms with van der Waals surface area (Å²) < 4.78 is 0. The van der Waals surface area contributed by atoms with Gasteiger partial charge in [-0.3, -0.25) is 20.4 Å². The van der Waals surface area contributed by atoms with Gasteiger partial charge in [0.15, 0.2) is 0 Å². The molecule has 0 atom stereocenters. The number of carbonyl (C=O) groups excluding carboxylic acids is 2. The van der Waals surface area contributed by atoms with Gasteiger partial charge in [-0.05, 0) is 30.5 Å². The van der Waals surface area contributed by atoms with Crippen LogP contribution in [0.4, 0.5) is 0 Å². The summed E-state index contributed by atoms with van der Waals surface area (Å²) in [6, 6.07) is 7.35. The molecule has 2 amide bonds. The van der Waals surface area contributed by atoms with E-state index in [-0.39, 0.29) is 11.8 Å². The number of hydrogen-bond acceptors (Lipinski definition) is 2. The molecule has 4 heteroatoms. The molecule has 1 rings (SSSR count). The Balaban J connectivity index is 2.35. The maximum absolute atomic E-state index is 11.8. The Bertz CT molecular complexity index is 413.